The van der Waals surface area contributed by atoms with Gasteiger partial charge in [0.1, 0.15) is 0 Å². The van der Waals surface area contributed by atoms with Crippen molar-refractivity contribution in [3.8, 4) is 0 Å². The lowest BCUT2D eigenvalue weighted by molar-refractivity contribution is 0.499. The largest absolute Gasteiger partial charge is 0.313 e. The molecule has 0 aromatic heterocycles. The van der Waals surface area contributed by atoms with Gasteiger partial charge in [0, 0.05) is 12.6 Å². The van der Waals surface area contributed by atoms with E-state index in [4.69, 9.17) is 5.14 Å². The van der Waals surface area contributed by atoms with Crippen LogP contribution in [0.1, 0.15) is 26.2 Å². The van der Waals surface area contributed by atoms with Crippen LogP contribution in [0, 0.1) is 5.92 Å². The van der Waals surface area contributed by atoms with Crippen molar-refractivity contribution in [2.75, 3.05) is 12.3 Å². The third kappa shape index (κ3) is 6.01. The van der Waals surface area contributed by atoms with E-state index in [1.807, 2.05) is 0 Å². The van der Waals surface area contributed by atoms with Gasteiger partial charge in [-0.2, -0.15) is 0 Å². The summed E-state index contributed by atoms with van der Waals surface area (Å²) in [4.78, 5) is 0. The number of nitrogens with two attached hydrogens (primary N) is 1. The number of sulfonamides is 1. The number of hydrogen-bond donors (Lipinski definition) is 2. The standard InChI is InChI=1S/C8H18N2O2S/c1-7(6-8-2-3-8)10-4-5-13(9,11)12/h7-8,10H,2-6H2,1H3,(H2,9,11,12). The fourth-order valence-electron chi connectivity index (χ4n) is 1.38. The third-order valence-electron chi connectivity index (χ3n) is 2.26. The average Bonchev–Trinajstić information content (AvgIpc) is 2.68. The van der Waals surface area contributed by atoms with Gasteiger partial charge in [0.2, 0.25) is 10.0 Å². The molecule has 0 spiro atoms. The molecule has 4 nitrogen and oxygen atoms in total. The van der Waals surface area contributed by atoms with Gasteiger partial charge in [-0.1, -0.05) is 12.8 Å². The zero-order valence-electron chi connectivity index (χ0n) is 7.99. The molecular weight excluding hydrogens is 188 g/mol. The first-order valence-corrected chi connectivity index (χ1v) is 6.43. The molecule has 0 amide bonds. The molecule has 0 saturated heterocycles. The first kappa shape index (κ1) is 10.9. The molecular formula is C8H18N2O2S. The second-order valence-electron chi connectivity index (χ2n) is 3.90. The molecule has 1 unspecified atom stereocenters. The summed E-state index contributed by atoms with van der Waals surface area (Å²) in [7, 11) is -3.30. The lowest BCUT2D eigenvalue weighted by Crippen LogP contribution is -2.33. The first-order valence-electron chi connectivity index (χ1n) is 4.71. The summed E-state index contributed by atoms with van der Waals surface area (Å²) < 4.78 is 21.2. The number of primary sulfonamides is 1. The Morgan fingerprint density at radius 2 is 2.15 bits per heavy atom. The minimum Gasteiger partial charge on any atom is -0.313 e. The Balaban J connectivity index is 2.04. The Morgan fingerprint density at radius 1 is 1.54 bits per heavy atom. The second kappa shape index (κ2) is 4.39. The number of rotatable bonds is 6. The monoisotopic (exact) mass is 206 g/mol. The Kier molecular flexibility index (Phi) is 3.70. The summed E-state index contributed by atoms with van der Waals surface area (Å²) in [6, 6.07) is 0.411. The van der Waals surface area contributed by atoms with Crippen molar-refractivity contribution in [3.63, 3.8) is 0 Å². The van der Waals surface area contributed by atoms with Crippen molar-refractivity contribution in [3.05, 3.63) is 0 Å². The zero-order valence-corrected chi connectivity index (χ0v) is 8.81. The molecule has 1 aliphatic rings. The highest BCUT2D eigenvalue weighted by Gasteiger charge is 2.23. The molecule has 0 heterocycles. The summed E-state index contributed by atoms with van der Waals surface area (Å²) >= 11 is 0. The maximum Gasteiger partial charge on any atom is 0.210 e. The van der Waals surface area contributed by atoms with E-state index < -0.39 is 10.0 Å². The van der Waals surface area contributed by atoms with Crippen molar-refractivity contribution >= 4 is 10.0 Å². The van der Waals surface area contributed by atoms with Gasteiger partial charge in [-0.15, -0.1) is 0 Å². The third-order valence-corrected chi connectivity index (χ3v) is 3.04. The average molecular weight is 206 g/mol. The Hall–Kier alpha value is -0.130. The molecule has 0 bridgehead atoms. The van der Waals surface area contributed by atoms with Crippen LogP contribution in [0.5, 0.6) is 0 Å². The molecule has 0 radical (unpaired) electrons. The lowest BCUT2D eigenvalue weighted by atomic mass is 10.2. The van der Waals surface area contributed by atoms with Gasteiger partial charge in [0.25, 0.3) is 0 Å². The van der Waals surface area contributed by atoms with Crippen LogP contribution in [-0.4, -0.2) is 26.8 Å². The maximum absolute atomic E-state index is 10.6. The number of nitrogens with one attached hydrogen (secondary N) is 1. The SMILES string of the molecule is CC(CC1CC1)NCCS(N)(=O)=O. The highest BCUT2D eigenvalue weighted by molar-refractivity contribution is 7.89. The van der Waals surface area contributed by atoms with Crippen LogP contribution >= 0.6 is 0 Å². The molecule has 1 fully saturated rings. The van der Waals surface area contributed by atoms with Crippen LogP contribution in [0.4, 0.5) is 0 Å². The van der Waals surface area contributed by atoms with Crippen molar-refractivity contribution in [2.45, 2.75) is 32.2 Å². The predicted molar refractivity (Wildman–Crippen MR) is 52.8 cm³/mol. The fourth-order valence-corrected chi connectivity index (χ4v) is 1.79. The fraction of sp³-hybridized carbons (Fsp3) is 1.00. The molecule has 0 aromatic carbocycles. The highest BCUT2D eigenvalue weighted by atomic mass is 32.2. The molecule has 0 aliphatic heterocycles. The van der Waals surface area contributed by atoms with Gasteiger partial charge < -0.3 is 5.32 Å². The van der Waals surface area contributed by atoms with E-state index in [1.165, 1.54) is 12.8 Å². The van der Waals surface area contributed by atoms with E-state index >= 15 is 0 Å². The van der Waals surface area contributed by atoms with Gasteiger partial charge in [0.15, 0.2) is 0 Å². The number of hydrogen-bond acceptors (Lipinski definition) is 3. The minimum atomic E-state index is -3.30. The van der Waals surface area contributed by atoms with Gasteiger partial charge in [-0.3, -0.25) is 0 Å². The van der Waals surface area contributed by atoms with Crippen LogP contribution in [0.3, 0.4) is 0 Å². The molecule has 78 valence electrons. The van der Waals surface area contributed by atoms with Gasteiger partial charge in [-0.25, -0.2) is 13.6 Å². The second-order valence-corrected chi connectivity index (χ2v) is 5.64. The summed E-state index contributed by atoms with van der Waals surface area (Å²) in [6.45, 7) is 2.55. The van der Waals surface area contributed by atoms with Crippen LogP contribution in [0.2, 0.25) is 0 Å². The van der Waals surface area contributed by atoms with E-state index in [0.29, 0.717) is 12.6 Å². The molecule has 5 heteroatoms. The predicted octanol–water partition coefficient (Wildman–Crippen LogP) is 0.0531. The molecule has 1 rings (SSSR count). The normalized spacial score (nSPS) is 20.2. The molecule has 1 atom stereocenters. The smallest absolute Gasteiger partial charge is 0.210 e. The van der Waals surface area contributed by atoms with Crippen molar-refractivity contribution in [1.82, 2.24) is 5.32 Å². The van der Waals surface area contributed by atoms with E-state index in [-0.39, 0.29) is 5.75 Å². The van der Waals surface area contributed by atoms with Crippen molar-refractivity contribution in [1.29, 1.82) is 0 Å². The van der Waals surface area contributed by atoms with E-state index in [9.17, 15) is 8.42 Å². The van der Waals surface area contributed by atoms with Crippen LogP contribution in [-0.2, 0) is 10.0 Å². The Bertz CT molecular complexity index is 247. The zero-order chi connectivity index (χ0) is 9.90. The first-order chi connectivity index (χ1) is 5.97. The van der Waals surface area contributed by atoms with E-state index in [1.54, 1.807) is 0 Å². The van der Waals surface area contributed by atoms with Gasteiger partial charge in [0.05, 0.1) is 5.75 Å². The van der Waals surface area contributed by atoms with Crippen molar-refractivity contribution < 1.29 is 8.42 Å². The minimum absolute atomic E-state index is 0.0298. The van der Waals surface area contributed by atoms with Crippen LogP contribution in [0.25, 0.3) is 0 Å². The molecule has 1 aliphatic carbocycles. The van der Waals surface area contributed by atoms with Gasteiger partial charge in [-0.05, 0) is 19.3 Å². The molecule has 3 N–H and O–H groups in total. The molecule has 1 saturated carbocycles. The Labute approximate surface area is 79.9 Å². The van der Waals surface area contributed by atoms with Crippen molar-refractivity contribution in [2.24, 2.45) is 11.1 Å². The summed E-state index contributed by atoms with van der Waals surface area (Å²) in [6.07, 6.45) is 3.83. The lowest BCUT2D eigenvalue weighted by Gasteiger charge is -2.12. The Morgan fingerprint density at radius 3 is 2.62 bits per heavy atom. The van der Waals surface area contributed by atoms with Crippen LogP contribution in [0.15, 0.2) is 0 Å². The van der Waals surface area contributed by atoms with Gasteiger partial charge >= 0.3 is 0 Å². The summed E-state index contributed by atoms with van der Waals surface area (Å²) in [5, 5.41) is 8.02. The van der Waals surface area contributed by atoms with E-state index in [2.05, 4.69) is 12.2 Å². The summed E-state index contributed by atoms with van der Waals surface area (Å²) in [5.41, 5.74) is 0. The topological polar surface area (TPSA) is 72.2 Å². The maximum atomic E-state index is 10.6. The van der Waals surface area contributed by atoms with E-state index in [0.717, 1.165) is 12.3 Å². The molecule has 13 heavy (non-hydrogen) atoms. The highest BCUT2D eigenvalue weighted by Crippen LogP contribution is 2.33. The van der Waals surface area contributed by atoms with Crippen LogP contribution < -0.4 is 10.5 Å². The quantitative estimate of drug-likeness (QED) is 0.645. The summed E-state index contributed by atoms with van der Waals surface area (Å²) in [5.74, 6) is 0.902. The molecule has 0 aromatic rings.